The highest BCUT2D eigenvalue weighted by Crippen LogP contribution is 2.27. The zero-order chi connectivity index (χ0) is 14.0. The van der Waals surface area contributed by atoms with Crippen LogP contribution in [-0.2, 0) is 12.8 Å². The van der Waals surface area contributed by atoms with Crippen molar-refractivity contribution in [2.75, 3.05) is 0 Å². The topological polar surface area (TPSA) is 0 Å². The van der Waals surface area contributed by atoms with Gasteiger partial charge < -0.3 is 0 Å². The summed E-state index contributed by atoms with van der Waals surface area (Å²) in [7, 11) is 1.05. The van der Waals surface area contributed by atoms with Crippen LogP contribution in [0.15, 0.2) is 0 Å². The Bertz CT molecular complexity index is 396. The lowest BCUT2D eigenvalue weighted by Crippen LogP contribution is -2.20. The van der Waals surface area contributed by atoms with Gasteiger partial charge in [0.15, 0.2) is 0 Å². The maximum absolute atomic E-state index is 6.56. The van der Waals surface area contributed by atoms with E-state index in [0.717, 1.165) is 28.1 Å². The predicted octanol–water partition coefficient (Wildman–Crippen LogP) is 3.34. The van der Waals surface area contributed by atoms with Gasteiger partial charge in [-0.2, -0.15) is 0 Å². The molecule has 0 heterocycles. The van der Waals surface area contributed by atoms with Crippen LogP contribution in [0.5, 0.6) is 0 Å². The summed E-state index contributed by atoms with van der Waals surface area (Å²) >= 11 is 6.56. The number of rotatable bonds is 4. The fourth-order valence-electron chi connectivity index (χ4n) is 2.72. The minimum atomic E-state index is 0.685. The number of halogens is 1. The van der Waals surface area contributed by atoms with Gasteiger partial charge in [-0.05, 0) is 66.0 Å². The van der Waals surface area contributed by atoms with Gasteiger partial charge >= 0.3 is 0 Å². The van der Waals surface area contributed by atoms with Crippen molar-refractivity contribution in [2.45, 2.75) is 54.4 Å². The quantitative estimate of drug-likeness (QED) is 0.743. The second kappa shape index (κ2) is 6.25. The highest BCUT2D eigenvalue weighted by Gasteiger charge is 2.17. The fourth-order valence-corrected chi connectivity index (χ4v) is 3.90. The lowest BCUT2D eigenvalue weighted by molar-refractivity contribution is 0.631. The molecule has 0 radical (unpaired) electrons. The van der Waals surface area contributed by atoms with Crippen LogP contribution in [0.1, 0.15) is 49.9 Å². The van der Waals surface area contributed by atoms with Crippen molar-refractivity contribution >= 4 is 27.0 Å². The highest BCUT2D eigenvalue weighted by molar-refractivity contribution is 6.46. The third kappa shape index (κ3) is 3.39. The van der Waals surface area contributed by atoms with Crippen LogP contribution in [0, 0.1) is 25.7 Å². The molecule has 1 aromatic rings. The first-order valence-electron chi connectivity index (χ1n) is 7.02. The lowest BCUT2D eigenvalue weighted by atomic mass is 9.88. The SMILES string of the molecule is Cc1c(Cl)c([SiH3])c(CC(C)C)c(C)c1CC(C)C. The molecule has 0 aliphatic rings. The first-order chi connectivity index (χ1) is 8.25. The zero-order valence-electron chi connectivity index (χ0n) is 12.9. The number of hydrogen-bond acceptors (Lipinski definition) is 0. The van der Waals surface area contributed by atoms with E-state index in [2.05, 4.69) is 41.5 Å². The largest absolute Gasteiger partial charge is 0.0842 e. The molecule has 0 amide bonds. The molecule has 0 saturated heterocycles. The van der Waals surface area contributed by atoms with Gasteiger partial charge in [-0.1, -0.05) is 39.3 Å². The predicted molar refractivity (Wildman–Crippen MR) is 87.6 cm³/mol. The third-order valence-corrected chi connectivity index (χ3v) is 5.68. The van der Waals surface area contributed by atoms with Crippen molar-refractivity contribution in [1.29, 1.82) is 0 Å². The van der Waals surface area contributed by atoms with Gasteiger partial charge in [-0.15, -0.1) is 0 Å². The summed E-state index contributed by atoms with van der Waals surface area (Å²) in [6.07, 6.45) is 2.31. The molecule has 0 aliphatic heterocycles. The van der Waals surface area contributed by atoms with Crippen molar-refractivity contribution in [1.82, 2.24) is 0 Å². The van der Waals surface area contributed by atoms with E-state index in [9.17, 15) is 0 Å². The average molecular weight is 283 g/mol. The van der Waals surface area contributed by atoms with Crippen LogP contribution in [0.25, 0.3) is 0 Å². The Morgan fingerprint density at radius 2 is 1.33 bits per heavy atom. The molecule has 102 valence electrons. The summed E-state index contributed by atoms with van der Waals surface area (Å²) in [5.74, 6) is 1.38. The lowest BCUT2D eigenvalue weighted by Gasteiger charge is -2.22. The molecule has 0 spiro atoms. The summed E-state index contributed by atoms with van der Waals surface area (Å²) in [6, 6.07) is 0. The average Bonchev–Trinajstić information content (AvgIpc) is 2.27. The Balaban J connectivity index is 3.39. The van der Waals surface area contributed by atoms with Gasteiger partial charge in [0.2, 0.25) is 0 Å². The summed E-state index contributed by atoms with van der Waals surface area (Å²) in [4.78, 5) is 0. The molecule has 0 saturated carbocycles. The van der Waals surface area contributed by atoms with Gasteiger partial charge in [0.05, 0.1) is 0 Å². The second-order valence-electron chi connectivity index (χ2n) is 6.34. The second-order valence-corrected chi connectivity index (χ2v) is 7.72. The zero-order valence-corrected chi connectivity index (χ0v) is 15.7. The molecule has 0 N–H and O–H groups in total. The van der Waals surface area contributed by atoms with Crippen molar-refractivity contribution in [3.8, 4) is 0 Å². The van der Waals surface area contributed by atoms with E-state index in [1.807, 2.05) is 0 Å². The monoisotopic (exact) mass is 282 g/mol. The molecule has 0 atom stereocenters. The van der Waals surface area contributed by atoms with Gasteiger partial charge in [-0.3, -0.25) is 0 Å². The first kappa shape index (κ1) is 15.8. The molecule has 2 heteroatoms. The number of hydrogen-bond donors (Lipinski definition) is 0. The van der Waals surface area contributed by atoms with E-state index in [4.69, 9.17) is 11.6 Å². The van der Waals surface area contributed by atoms with Crippen LogP contribution in [0.3, 0.4) is 0 Å². The Kier molecular flexibility index (Phi) is 5.48. The van der Waals surface area contributed by atoms with Crippen molar-refractivity contribution in [3.63, 3.8) is 0 Å². The number of benzene rings is 1. The molecular formula is C16H27ClSi. The van der Waals surface area contributed by atoms with Crippen molar-refractivity contribution in [2.24, 2.45) is 11.8 Å². The minimum absolute atomic E-state index is 0.685. The maximum Gasteiger partial charge on any atom is 0.0423 e. The molecule has 1 rings (SSSR count). The Morgan fingerprint density at radius 3 is 1.78 bits per heavy atom. The first-order valence-corrected chi connectivity index (χ1v) is 8.40. The van der Waals surface area contributed by atoms with E-state index in [-0.39, 0.29) is 0 Å². The summed E-state index contributed by atoms with van der Waals surface area (Å²) in [5.41, 5.74) is 5.85. The minimum Gasteiger partial charge on any atom is -0.0842 e. The van der Waals surface area contributed by atoms with Gasteiger partial charge in [0.1, 0.15) is 0 Å². The maximum atomic E-state index is 6.56. The molecule has 0 bridgehead atoms. The van der Waals surface area contributed by atoms with E-state index in [1.165, 1.54) is 27.4 Å². The molecule has 0 nitrogen and oxygen atoms in total. The summed E-state index contributed by atoms with van der Waals surface area (Å²) < 4.78 is 0. The van der Waals surface area contributed by atoms with Crippen LogP contribution < -0.4 is 5.19 Å². The van der Waals surface area contributed by atoms with Crippen LogP contribution in [0.4, 0.5) is 0 Å². The fraction of sp³-hybridized carbons (Fsp3) is 0.625. The molecule has 18 heavy (non-hydrogen) atoms. The summed E-state index contributed by atoms with van der Waals surface area (Å²) in [5, 5.41) is 2.46. The van der Waals surface area contributed by atoms with Gasteiger partial charge in [0, 0.05) is 15.3 Å². The van der Waals surface area contributed by atoms with E-state index < -0.39 is 0 Å². The Hall–Kier alpha value is -0.273. The van der Waals surface area contributed by atoms with E-state index in [1.54, 1.807) is 0 Å². The molecule has 0 unspecified atom stereocenters. The smallest absolute Gasteiger partial charge is 0.0423 e. The third-order valence-electron chi connectivity index (χ3n) is 3.69. The van der Waals surface area contributed by atoms with Crippen molar-refractivity contribution in [3.05, 3.63) is 27.3 Å². The Labute approximate surface area is 121 Å². The van der Waals surface area contributed by atoms with Crippen LogP contribution in [-0.4, -0.2) is 10.2 Å². The van der Waals surface area contributed by atoms with Crippen LogP contribution in [0.2, 0.25) is 5.02 Å². The molecule has 0 aliphatic carbocycles. The van der Waals surface area contributed by atoms with E-state index >= 15 is 0 Å². The molecule has 1 aromatic carbocycles. The van der Waals surface area contributed by atoms with E-state index in [0.29, 0.717) is 11.8 Å². The van der Waals surface area contributed by atoms with Crippen molar-refractivity contribution < 1.29 is 0 Å². The Morgan fingerprint density at radius 1 is 0.889 bits per heavy atom. The normalized spacial score (nSPS) is 11.8. The van der Waals surface area contributed by atoms with Crippen LogP contribution >= 0.6 is 11.6 Å². The molecule has 0 aromatic heterocycles. The van der Waals surface area contributed by atoms with Gasteiger partial charge in [0.25, 0.3) is 0 Å². The standard InChI is InChI=1S/C16H27ClSi/c1-9(2)7-13-11(5)14(8-10(3)4)16(18)15(17)12(13)6/h9-10H,7-8H2,1-6,18H3. The van der Waals surface area contributed by atoms with Gasteiger partial charge in [-0.25, -0.2) is 0 Å². The highest BCUT2D eigenvalue weighted by atomic mass is 35.5. The molecule has 0 fully saturated rings. The summed E-state index contributed by atoms with van der Waals surface area (Å²) in [6.45, 7) is 13.6. The molecular weight excluding hydrogens is 256 g/mol.